The summed E-state index contributed by atoms with van der Waals surface area (Å²) in [6.07, 6.45) is -1.83. The lowest BCUT2D eigenvalue weighted by Gasteiger charge is -2.33. The van der Waals surface area contributed by atoms with E-state index in [1.165, 1.54) is 0 Å². The fourth-order valence-corrected chi connectivity index (χ4v) is 3.42. The molecule has 1 saturated heterocycles. The normalized spacial score (nSPS) is 17.8. The predicted molar refractivity (Wildman–Crippen MR) is 83.6 cm³/mol. The average Bonchev–Trinajstić information content (AvgIpc) is 2.99. The number of likely N-dealkylation sites (tertiary alicyclic amines) is 1. The van der Waals surface area contributed by atoms with Gasteiger partial charge in [0.1, 0.15) is 5.75 Å². The van der Waals surface area contributed by atoms with E-state index in [2.05, 4.69) is 9.88 Å². The Balaban J connectivity index is 1.80. The SMILES string of the molecule is COc1cc(C)c2[nH]ccc2c1CN1CCC(C(F)(F)F)CC1. The maximum absolute atomic E-state index is 12.8. The van der Waals surface area contributed by atoms with Crippen LogP contribution in [0.2, 0.25) is 0 Å². The van der Waals surface area contributed by atoms with E-state index in [-0.39, 0.29) is 12.8 Å². The van der Waals surface area contributed by atoms with E-state index in [0.717, 1.165) is 27.8 Å². The van der Waals surface area contributed by atoms with E-state index in [0.29, 0.717) is 19.6 Å². The van der Waals surface area contributed by atoms with Gasteiger partial charge in [-0.25, -0.2) is 0 Å². The maximum atomic E-state index is 12.8. The van der Waals surface area contributed by atoms with Crippen molar-refractivity contribution in [1.29, 1.82) is 0 Å². The van der Waals surface area contributed by atoms with Gasteiger partial charge in [0.25, 0.3) is 0 Å². The van der Waals surface area contributed by atoms with Gasteiger partial charge in [-0.1, -0.05) is 0 Å². The summed E-state index contributed by atoms with van der Waals surface area (Å²) in [6, 6.07) is 3.99. The number of nitrogens with one attached hydrogen (secondary N) is 1. The molecule has 0 amide bonds. The first-order valence-electron chi connectivity index (χ1n) is 7.82. The number of nitrogens with zero attached hydrogens (tertiary/aromatic N) is 1. The molecule has 0 radical (unpaired) electrons. The molecule has 126 valence electrons. The van der Waals surface area contributed by atoms with Gasteiger partial charge < -0.3 is 9.72 Å². The molecule has 0 spiro atoms. The van der Waals surface area contributed by atoms with Crippen LogP contribution in [0.1, 0.15) is 24.0 Å². The zero-order chi connectivity index (χ0) is 16.6. The Kier molecular flexibility index (Phi) is 4.27. The third kappa shape index (κ3) is 3.17. The number of aryl methyl sites for hydroxylation is 1. The Morgan fingerprint density at radius 3 is 2.61 bits per heavy atom. The van der Waals surface area contributed by atoms with E-state index >= 15 is 0 Å². The molecule has 2 aromatic rings. The fraction of sp³-hybridized carbons (Fsp3) is 0.529. The molecule has 6 heteroatoms. The van der Waals surface area contributed by atoms with Crippen LogP contribution in [-0.2, 0) is 6.54 Å². The maximum Gasteiger partial charge on any atom is 0.391 e. The van der Waals surface area contributed by atoms with Crippen LogP contribution < -0.4 is 4.74 Å². The van der Waals surface area contributed by atoms with Gasteiger partial charge in [0, 0.05) is 29.2 Å². The lowest BCUT2D eigenvalue weighted by atomic mass is 9.95. The number of hydrogen-bond acceptors (Lipinski definition) is 2. The fourth-order valence-electron chi connectivity index (χ4n) is 3.42. The standard InChI is InChI=1S/C17H21F3N2O/c1-11-9-15(23-2)14(13-3-6-21-16(11)13)10-22-7-4-12(5-8-22)17(18,19)20/h3,6,9,12,21H,4-5,7-8,10H2,1-2H3. The Bertz CT molecular complexity index is 685. The van der Waals surface area contributed by atoms with Crippen LogP contribution in [0.25, 0.3) is 10.9 Å². The van der Waals surface area contributed by atoms with E-state index in [1.54, 1.807) is 7.11 Å². The summed E-state index contributed by atoms with van der Waals surface area (Å²) < 4.78 is 43.8. The molecule has 2 heterocycles. The Labute approximate surface area is 133 Å². The van der Waals surface area contributed by atoms with E-state index < -0.39 is 12.1 Å². The molecule has 0 atom stereocenters. The third-order valence-electron chi connectivity index (χ3n) is 4.76. The molecule has 23 heavy (non-hydrogen) atoms. The molecular formula is C17H21F3N2O. The monoisotopic (exact) mass is 326 g/mol. The molecule has 0 saturated carbocycles. The molecule has 0 unspecified atom stereocenters. The second-order valence-electron chi connectivity index (χ2n) is 6.23. The first kappa shape index (κ1) is 16.2. The van der Waals surface area contributed by atoms with Crippen molar-refractivity contribution in [3.05, 3.63) is 29.5 Å². The van der Waals surface area contributed by atoms with Gasteiger partial charge in [-0.05, 0) is 50.6 Å². The van der Waals surface area contributed by atoms with Gasteiger partial charge in [0.15, 0.2) is 0 Å². The lowest BCUT2D eigenvalue weighted by molar-refractivity contribution is -0.185. The van der Waals surface area contributed by atoms with Gasteiger partial charge in [-0.2, -0.15) is 13.2 Å². The zero-order valence-electron chi connectivity index (χ0n) is 13.3. The summed E-state index contributed by atoms with van der Waals surface area (Å²) in [7, 11) is 1.63. The number of hydrogen-bond donors (Lipinski definition) is 1. The highest BCUT2D eigenvalue weighted by Gasteiger charge is 2.41. The number of halogens is 3. The number of methoxy groups -OCH3 is 1. The van der Waals surface area contributed by atoms with Crippen molar-refractivity contribution in [3.8, 4) is 5.75 Å². The van der Waals surface area contributed by atoms with Gasteiger partial charge in [0.05, 0.1) is 13.0 Å². The minimum atomic E-state index is -4.07. The molecule has 0 bridgehead atoms. The molecule has 1 N–H and O–H groups in total. The molecule has 1 aromatic heterocycles. The van der Waals surface area contributed by atoms with Gasteiger partial charge >= 0.3 is 6.18 Å². The lowest BCUT2D eigenvalue weighted by Crippen LogP contribution is -2.38. The smallest absolute Gasteiger partial charge is 0.391 e. The van der Waals surface area contributed by atoms with Crippen LogP contribution >= 0.6 is 0 Å². The van der Waals surface area contributed by atoms with E-state index in [1.807, 2.05) is 25.3 Å². The van der Waals surface area contributed by atoms with Crippen molar-refractivity contribution < 1.29 is 17.9 Å². The molecule has 1 aromatic carbocycles. The Morgan fingerprint density at radius 2 is 2.00 bits per heavy atom. The Morgan fingerprint density at radius 1 is 1.30 bits per heavy atom. The van der Waals surface area contributed by atoms with Crippen molar-refractivity contribution >= 4 is 10.9 Å². The summed E-state index contributed by atoms with van der Waals surface area (Å²) in [5, 5.41) is 1.08. The Hall–Kier alpha value is -1.69. The quantitative estimate of drug-likeness (QED) is 0.913. The number of piperidine rings is 1. The summed E-state index contributed by atoms with van der Waals surface area (Å²) in [4.78, 5) is 5.31. The number of rotatable bonds is 3. The summed E-state index contributed by atoms with van der Waals surface area (Å²) in [5.41, 5.74) is 3.20. The molecule has 0 aliphatic carbocycles. The number of benzene rings is 1. The van der Waals surface area contributed by atoms with Crippen LogP contribution in [-0.4, -0.2) is 36.3 Å². The molecule has 1 fully saturated rings. The second kappa shape index (κ2) is 6.07. The third-order valence-corrected chi connectivity index (χ3v) is 4.76. The van der Waals surface area contributed by atoms with E-state index in [9.17, 15) is 13.2 Å². The molecule has 3 rings (SSSR count). The minimum absolute atomic E-state index is 0.175. The zero-order valence-corrected chi connectivity index (χ0v) is 13.3. The largest absolute Gasteiger partial charge is 0.496 e. The van der Waals surface area contributed by atoms with E-state index in [4.69, 9.17) is 4.74 Å². The predicted octanol–water partition coefficient (Wildman–Crippen LogP) is 4.26. The summed E-state index contributed by atoms with van der Waals surface area (Å²) in [6.45, 7) is 3.56. The molecular weight excluding hydrogens is 305 g/mol. The first-order chi connectivity index (χ1) is 10.9. The highest BCUT2D eigenvalue weighted by atomic mass is 19.4. The number of aromatic nitrogens is 1. The van der Waals surface area contributed by atoms with Crippen molar-refractivity contribution in [3.63, 3.8) is 0 Å². The van der Waals surface area contributed by atoms with Crippen LogP contribution in [0, 0.1) is 12.8 Å². The molecule has 1 aliphatic heterocycles. The average molecular weight is 326 g/mol. The first-order valence-corrected chi connectivity index (χ1v) is 7.82. The highest BCUT2D eigenvalue weighted by molar-refractivity contribution is 5.88. The second-order valence-corrected chi connectivity index (χ2v) is 6.23. The van der Waals surface area contributed by atoms with Crippen molar-refractivity contribution in [2.24, 2.45) is 5.92 Å². The number of alkyl halides is 3. The number of aromatic amines is 1. The number of ether oxygens (including phenoxy) is 1. The number of H-pyrrole nitrogens is 1. The summed E-state index contributed by atoms with van der Waals surface area (Å²) in [5.74, 6) is -0.363. The van der Waals surface area contributed by atoms with Crippen LogP contribution in [0.5, 0.6) is 5.75 Å². The van der Waals surface area contributed by atoms with Crippen molar-refractivity contribution in [2.75, 3.05) is 20.2 Å². The van der Waals surface area contributed by atoms with Crippen LogP contribution in [0.3, 0.4) is 0 Å². The van der Waals surface area contributed by atoms with Crippen LogP contribution in [0.4, 0.5) is 13.2 Å². The molecule has 1 aliphatic rings. The topological polar surface area (TPSA) is 28.3 Å². The summed E-state index contributed by atoms with van der Waals surface area (Å²) >= 11 is 0. The van der Waals surface area contributed by atoms with Crippen molar-refractivity contribution in [2.45, 2.75) is 32.5 Å². The van der Waals surface area contributed by atoms with Crippen molar-refractivity contribution in [1.82, 2.24) is 9.88 Å². The van der Waals surface area contributed by atoms with Gasteiger partial charge in [-0.3, -0.25) is 4.90 Å². The van der Waals surface area contributed by atoms with Crippen LogP contribution in [0.15, 0.2) is 18.3 Å². The minimum Gasteiger partial charge on any atom is -0.496 e. The highest BCUT2D eigenvalue weighted by Crippen LogP contribution is 2.36. The van der Waals surface area contributed by atoms with Gasteiger partial charge in [-0.15, -0.1) is 0 Å². The number of fused-ring (bicyclic) bond motifs is 1. The van der Waals surface area contributed by atoms with Gasteiger partial charge in [0.2, 0.25) is 0 Å². The molecule has 3 nitrogen and oxygen atoms in total.